The number of rotatable bonds is 3. The van der Waals surface area contributed by atoms with Crippen LogP contribution in [0.15, 0.2) is 12.1 Å². The molecule has 1 heterocycles. The average molecular weight is 298 g/mol. The van der Waals surface area contributed by atoms with Crippen molar-refractivity contribution in [1.82, 2.24) is 4.98 Å². The van der Waals surface area contributed by atoms with E-state index >= 15 is 0 Å². The van der Waals surface area contributed by atoms with Gasteiger partial charge in [-0.15, -0.1) is 0 Å². The van der Waals surface area contributed by atoms with Gasteiger partial charge in [0.2, 0.25) is 0 Å². The third-order valence-corrected chi connectivity index (χ3v) is 4.39. The van der Waals surface area contributed by atoms with Crippen molar-refractivity contribution in [2.24, 2.45) is 5.41 Å². The number of anilines is 1. The third-order valence-electron chi connectivity index (χ3n) is 4.19. The highest BCUT2D eigenvalue weighted by molar-refractivity contribution is 6.29. The van der Waals surface area contributed by atoms with Crippen molar-refractivity contribution >= 4 is 23.1 Å². The van der Waals surface area contributed by atoms with Crippen LogP contribution >= 0.6 is 11.6 Å². The summed E-state index contributed by atoms with van der Waals surface area (Å²) in [6, 6.07) is 3.14. The molecule has 1 aliphatic rings. The summed E-state index contributed by atoms with van der Waals surface area (Å²) in [5.74, 6) is 0.578. The smallest absolute Gasteiger partial charge is 0.276 e. The average Bonchev–Trinajstić information content (AvgIpc) is 2.37. The fourth-order valence-corrected chi connectivity index (χ4v) is 2.91. The predicted octanol–water partition coefficient (Wildman–Crippen LogP) is 4.05. The number of hydrogen-bond acceptors (Lipinski definition) is 4. The fourth-order valence-electron chi connectivity index (χ4n) is 2.71. The summed E-state index contributed by atoms with van der Waals surface area (Å²) in [4.78, 5) is 16.7. The van der Waals surface area contributed by atoms with E-state index in [0.29, 0.717) is 17.3 Å². The lowest BCUT2D eigenvalue weighted by Gasteiger charge is -2.39. The standard InChI is InChI=1S/C14H20ClN3O2/c1-14(2)6-4-10(5-7-14)17(3)13-9-11(18(19)20)8-12(15)16-13/h8-10H,4-7H2,1-3H3. The third kappa shape index (κ3) is 3.39. The molecule has 0 unspecified atom stereocenters. The van der Waals surface area contributed by atoms with Crippen molar-refractivity contribution < 1.29 is 4.92 Å². The Morgan fingerprint density at radius 1 is 1.40 bits per heavy atom. The van der Waals surface area contributed by atoms with Gasteiger partial charge < -0.3 is 4.90 Å². The Morgan fingerprint density at radius 2 is 2.00 bits per heavy atom. The highest BCUT2D eigenvalue weighted by Crippen LogP contribution is 2.37. The van der Waals surface area contributed by atoms with E-state index in [1.165, 1.54) is 12.1 Å². The van der Waals surface area contributed by atoms with E-state index in [1.807, 2.05) is 11.9 Å². The zero-order valence-corrected chi connectivity index (χ0v) is 12.9. The van der Waals surface area contributed by atoms with Crippen LogP contribution in [0.2, 0.25) is 5.15 Å². The second kappa shape index (κ2) is 5.56. The summed E-state index contributed by atoms with van der Waals surface area (Å²) < 4.78 is 0. The van der Waals surface area contributed by atoms with E-state index in [0.717, 1.165) is 25.7 Å². The van der Waals surface area contributed by atoms with Crippen LogP contribution in [0.4, 0.5) is 11.5 Å². The van der Waals surface area contributed by atoms with Crippen LogP contribution in [0.1, 0.15) is 39.5 Å². The van der Waals surface area contributed by atoms with Crippen LogP contribution in [0.25, 0.3) is 0 Å². The summed E-state index contributed by atoms with van der Waals surface area (Å²) >= 11 is 5.88. The van der Waals surface area contributed by atoms with Gasteiger partial charge in [-0.2, -0.15) is 0 Å². The molecule has 1 fully saturated rings. The molecule has 0 aromatic carbocycles. The Kier molecular flexibility index (Phi) is 4.18. The van der Waals surface area contributed by atoms with Crippen molar-refractivity contribution in [1.29, 1.82) is 0 Å². The normalized spacial score (nSPS) is 18.8. The van der Waals surface area contributed by atoms with E-state index in [1.54, 1.807) is 0 Å². The van der Waals surface area contributed by atoms with Gasteiger partial charge in [0.05, 0.1) is 17.1 Å². The molecule has 0 N–H and O–H groups in total. The highest BCUT2D eigenvalue weighted by atomic mass is 35.5. The minimum absolute atomic E-state index is 0.0111. The minimum atomic E-state index is -0.436. The van der Waals surface area contributed by atoms with Gasteiger partial charge in [0.25, 0.3) is 5.69 Å². The first-order valence-electron chi connectivity index (χ1n) is 6.83. The molecular weight excluding hydrogens is 278 g/mol. The van der Waals surface area contributed by atoms with E-state index < -0.39 is 4.92 Å². The van der Waals surface area contributed by atoms with E-state index in [-0.39, 0.29) is 10.8 Å². The predicted molar refractivity (Wildman–Crippen MR) is 80.3 cm³/mol. The molecule has 0 atom stereocenters. The quantitative estimate of drug-likeness (QED) is 0.480. The van der Waals surface area contributed by atoms with Gasteiger partial charge in [0.1, 0.15) is 11.0 Å². The second-order valence-corrected chi connectivity index (χ2v) is 6.66. The zero-order chi connectivity index (χ0) is 14.9. The maximum absolute atomic E-state index is 10.9. The molecule has 6 heteroatoms. The molecule has 1 aromatic rings. The first kappa shape index (κ1) is 15.0. The fraction of sp³-hybridized carbons (Fsp3) is 0.643. The molecule has 2 rings (SSSR count). The van der Waals surface area contributed by atoms with Crippen LogP contribution in [0.5, 0.6) is 0 Å². The summed E-state index contributed by atoms with van der Waals surface area (Å²) in [6.45, 7) is 4.57. The Hall–Kier alpha value is -1.36. The SMILES string of the molecule is CN(c1cc([N+](=O)[O-])cc(Cl)n1)C1CCC(C)(C)CC1. The first-order chi connectivity index (χ1) is 9.28. The molecule has 0 spiro atoms. The molecule has 5 nitrogen and oxygen atoms in total. The van der Waals surface area contributed by atoms with Crippen molar-refractivity contribution in [2.45, 2.75) is 45.6 Å². The summed E-state index contributed by atoms with van der Waals surface area (Å²) in [7, 11) is 1.94. The van der Waals surface area contributed by atoms with E-state index in [4.69, 9.17) is 11.6 Å². The number of hydrogen-bond donors (Lipinski definition) is 0. The van der Waals surface area contributed by atoms with Gasteiger partial charge in [0, 0.05) is 13.1 Å². The molecule has 0 saturated heterocycles. The lowest BCUT2D eigenvalue weighted by Crippen LogP contribution is -2.37. The molecule has 0 aliphatic heterocycles. The molecule has 20 heavy (non-hydrogen) atoms. The lowest BCUT2D eigenvalue weighted by atomic mass is 9.75. The van der Waals surface area contributed by atoms with Gasteiger partial charge in [-0.1, -0.05) is 25.4 Å². The first-order valence-corrected chi connectivity index (χ1v) is 7.21. The lowest BCUT2D eigenvalue weighted by molar-refractivity contribution is -0.384. The van der Waals surface area contributed by atoms with E-state index in [2.05, 4.69) is 18.8 Å². The maximum atomic E-state index is 10.9. The maximum Gasteiger partial charge on any atom is 0.276 e. The molecule has 0 radical (unpaired) electrons. The number of nitrogens with zero attached hydrogens (tertiary/aromatic N) is 3. The second-order valence-electron chi connectivity index (χ2n) is 6.27. The molecule has 0 bridgehead atoms. The molecule has 1 aromatic heterocycles. The number of aromatic nitrogens is 1. The van der Waals surface area contributed by atoms with Crippen molar-refractivity contribution in [3.63, 3.8) is 0 Å². The molecule has 1 saturated carbocycles. The Bertz CT molecular complexity index is 509. The number of nitro groups is 1. The summed E-state index contributed by atoms with van der Waals surface area (Å²) in [6.07, 6.45) is 4.46. The monoisotopic (exact) mass is 297 g/mol. The topological polar surface area (TPSA) is 59.3 Å². The van der Waals surface area contributed by atoms with Crippen LogP contribution in [0, 0.1) is 15.5 Å². The van der Waals surface area contributed by atoms with Crippen molar-refractivity contribution in [3.05, 3.63) is 27.4 Å². The zero-order valence-electron chi connectivity index (χ0n) is 12.1. The Labute approximate surface area is 124 Å². The molecular formula is C14H20ClN3O2. The highest BCUT2D eigenvalue weighted by Gasteiger charge is 2.29. The van der Waals surface area contributed by atoms with Gasteiger partial charge >= 0.3 is 0 Å². The van der Waals surface area contributed by atoms with Crippen molar-refractivity contribution in [3.8, 4) is 0 Å². The molecule has 0 amide bonds. The van der Waals surface area contributed by atoms with Crippen LogP contribution in [-0.4, -0.2) is 23.0 Å². The largest absolute Gasteiger partial charge is 0.356 e. The Morgan fingerprint density at radius 3 is 2.55 bits per heavy atom. The summed E-state index contributed by atoms with van der Waals surface area (Å²) in [5.41, 5.74) is 0.383. The molecule has 1 aliphatic carbocycles. The number of halogens is 1. The van der Waals surface area contributed by atoms with Crippen LogP contribution in [-0.2, 0) is 0 Å². The van der Waals surface area contributed by atoms with E-state index in [9.17, 15) is 10.1 Å². The van der Waals surface area contributed by atoms with Crippen LogP contribution in [0.3, 0.4) is 0 Å². The van der Waals surface area contributed by atoms with Crippen molar-refractivity contribution in [2.75, 3.05) is 11.9 Å². The number of pyridine rings is 1. The van der Waals surface area contributed by atoms with Gasteiger partial charge in [-0.25, -0.2) is 4.98 Å². The van der Waals surface area contributed by atoms with Gasteiger partial charge in [-0.3, -0.25) is 10.1 Å². The Balaban J connectivity index is 2.17. The molecule has 110 valence electrons. The minimum Gasteiger partial charge on any atom is -0.356 e. The van der Waals surface area contributed by atoms with Gasteiger partial charge in [0.15, 0.2) is 0 Å². The van der Waals surface area contributed by atoms with Gasteiger partial charge in [-0.05, 0) is 31.1 Å². The van der Waals surface area contributed by atoms with Crippen LogP contribution < -0.4 is 4.90 Å². The summed E-state index contributed by atoms with van der Waals surface area (Å²) in [5, 5.41) is 11.1.